The lowest BCUT2D eigenvalue weighted by atomic mass is 10.1. The summed E-state index contributed by atoms with van der Waals surface area (Å²) in [6.45, 7) is -0.218. The second-order valence-corrected chi connectivity index (χ2v) is 8.08. The van der Waals surface area contributed by atoms with Crippen molar-refractivity contribution in [2.45, 2.75) is 6.73 Å². The second-order valence-electron chi connectivity index (χ2n) is 8.08. The van der Waals surface area contributed by atoms with E-state index in [4.69, 9.17) is 24.7 Å². The molecule has 0 atom stereocenters. The van der Waals surface area contributed by atoms with Crippen LogP contribution in [-0.2, 0) is 16.3 Å². The molecule has 2 aromatic carbocycles. The third kappa shape index (κ3) is 8.48. The van der Waals surface area contributed by atoms with Crippen LogP contribution in [0, 0.1) is 0 Å². The molecule has 0 saturated heterocycles. The van der Waals surface area contributed by atoms with Crippen molar-refractivity contribution in [1.29, 1.82) is 0 Å². The van der Waals surface area contributed by atoms with E-state index in [2.05, 4.69) is 0 Å². The van der Waals surface area contributed by atoms with E-state index >= 15 is 0 Å². The predicted octanol–water partition coefficient (Wildman–Crippen LogP) is 3.71. The molecule has 0 aliphatic heterocycles. The Morgan fingerprint density at radius 3 is 2.30 bits per heavy atom. The van der Waals surface area contributed by atoms with Gasteiger partial charge in [0, 0.05) is 12.1 Å². The van der Waals surface area contributed by atoms with Crippen LogP contribution in [0.25, 0.3) is 12.2 Å². The zero-order chi connectivity index (χ0) is 29.1. The first-order valence-corrected chi connectivity index (χ1v) is 11.7. The second kappa shape index (κ2) is 13.8. The van der Waals surface area contributed by atoms with Gasteiger partial charge in [-0.25, -0.2) is 4.79 Å². The molecule has 0 aliphatic rings. The molecular weight excluding hydrogens is 520 g/mol. The van der Waals surface area contributed by atoms with E-state index in [9.17, 15) is 24.6 Å². The number of phenols is 1. The molecule has 1 heterocycles. The number of hydrogen-bond donors (Lipinski definition) is 3. The highest BCUT2D eigenvalue weighted by Gasteiger charge is 2.15. The van der Waals surface area contributed by atoms with E-state index in [0.717, 1.165) is 6.08 Å². The van der Waals surface area contributed by atoms with Crippen LogP contribution in [0.15, 0.2) is 84.9 Å². The van der Waals surface area contributed by atoms with E-state index in [0.29, 0.717) is 11.1 Å². The minimum Gasteiger partial charge on any atom is -0.508 e. The summed E-state index contributed by atoms with van der Waals surface area (Å²) in [5.41, 5.74) is 6.70. The van der Waals surface area contributed by atoms with Crippen molar-refractivity contribution >= 4 is 30.0 Å². The summed E-state index contributed by atoms with van der Waals surface area (Å²) in [6.07, 6.45) is 8.66. The van der Waals surface area contributed by atoms with Crippen LogP contribution in [0.3, 0.4) is 0 Å². The number of hydrogen-bond acceptors (Lipinski definition) is 9. The SMILES string of the molecule is COc1cc(/C=C/C(O)=C/C(=O)/C=C/c2ccc(OC(=O)OC[n+]3cccc(C(N)=O)c3)c(OC)c2)ccc1O. The summed E-state index contributed by atoms with van der Waals surface area (Å²) in [6, 6.07) is 12.3. The summed E-state index contributed by atoms with van der Waals surface area (Å²) in [4.78, 5) is 35.7. The largest absolute Gasteiger partial charge is 0.518 e. The van der Waals surface area contributed by atoms with E-state index in [1.165, 1.54) is 61.4 Å². The van der Waals surface area contributed by atoms with E-state index in [-0.39, 0.29) is 41.1 Å². The van der Waals surface area contributed by atoms with Crippen LogP contribution in [0.2, 0.25) is 0 Å². The molecule has 0 fully saturated rings. The normalized spacial score (nSPS) is 11.4. The van der Waals surface area contributed by atoms with Gasteiger partial charge in [0.05, 0.1) is 14.2 Å². The average molecular weight is 548 g/mol. The number of carbonyl (C=O) groups excluding carboxylic acids is 3. The number of nitrogens with two attached hydrogens (primary N) is 1. The van der Waals surface area contributed by atoms with Gasteiger partial charge in [-0.3, -0.25) is 9.59 Å². The Labute approximate surface area is 229 Å². The fourth-order valence-electron chi connectivity index (χ4n) is 3.27. The zero-order valence-corrected chi connectivity index (χ0v) is 21.6. The number of aromatic hydroxyl groups is 1. The highest BCUT2D eigenvalue weighted by atomic mass is 16.7. The molecule has 0 unspecified atom stereocenters. The van der Waals surface area contributed by atoms with Crippen molar-refractivity contribution in [1.82, 2.24) is 0 Å². The predicted molar refractivity (Wildman–Crippen MR) is 144 cm³/mol. The highest BCUT2D eigenvalue weighted by Crippen LogP contribution is 2.29. The molecule has 3 aromatic rings. The lowest BCUT2D eigenvalue weighted by Gasteiger charge is -2.09. The number of ketones is 1. The van der Waals surface area contributed by atoms with Crippen molar-refractivity contribution in [2.24, 2.45) is 5.73 Å². The number of ether oxygens (including phenoxy) is 4. The fraction of sp³-hybridized carbons (Fsp3) is 0.103. The van der Waals surface area contributed by atoms with Crippen LogP contribution < -0.4 is 24.5 Å². The molecule has 1 amide bonds. The summed E-state index contributed by atoms with van der Waals surface area (Å²) in [5.74, 6) is -0.818. The lowest BCUT2D eigenvalue weighted by Crippen LogP contribution is -2.37. The van der Waals surface area contributed by atoms with Crippen LogP contribution >= 0.6 is 0 Å². The van der Waals surface area contributed by atoms with Gasteiger partial charge in [-0.1, -0.05) is 24.3 Å². The number of rotatable bonds is 11. The van der Waals surface area contributed by atoms with Crippen LogP contribution in [-0.4, -0.2) is 42.3 Å². The monoisotopic (exact) mass is 547 g/mol. The number of aromatic nitrogens is 1. The minimum atomic E-state index is -1.01. The highest BCUT2D eigenvalue weighted by molar-refractivity contribution is 6.02. The average Bonchev–Trinajstić information content (AvgIpc) is 2.95. The molecule has 0 radical (unpaired) electrons. The molecule has 4 N–H and O–H groups in total. The molecule has 0 spiro atoms. The molecule has 0 bridgehead atoms. The number of benzene rings is 2. The van der Waals surface area contributed by atoms with E-state index in [1.54, 1.807) is 42.6 Å². The topological polar surface area (TPSA) is 158 Å². The number of methoxy groups -OCH3 is 2. The van der Waals surface area contributed by atoms with Gasteiger partial charge >= 0.3 is 6.16 Å². The molecule has 0 saturated carbocycles. The Morgan fingerprint density at radius 1 is 0.925 bits per heavy atom. The Balaban J connectivity index is 1.59. The molecule has 1 aromatic heterocycles. The Bertz CT molecular complexity index is 1490. The van der Waals surface area contributed by atoms with Crippen LogP contribution in [0.5, 0.6) is 23.0 Å². The Kier molecular flexibility index (Phi) is 10.0. The molecular formula is C29H27N2O9+. The smallest absolute Gasteiger partial charge is 0.508 e. The van der Waals surface area contributed by atoms with Crippen molar-refractivity contribution in [2.75, 3.05) is 14.2 Å². The van der Waals surface area contributed by atoms with Crippen LogP contribution in [0.4, 0.5) is 4.79 Å². The van der Waals surface area contributed by atoms with E-state index < -0.39 is 17.8 Å². The molecule has 40 heavy (non-hydrogen) atoms. The Hall–Kier alpha value is -5.58. The maximum Gasteiger partial charge on any atom is 0.518 e. The number of pyridine rings is 1. The van der Waals surface area contributed by atoms with Crippen molar-refractivity contribution in [3.8, 4) is 23.0 Å². The summed E-state index contributed by atoms with van der Waals surface area (Å²) < 4.78 is 22.0. The lowest BCUT2D eigenvalue weighted by molar-refractivity contribution is -0.727. The molecule has 3 rings (SSSR count). The first kappa shape index (κ1) is 29.0. The first-order valence-electron chi connectivity index (χ1n) is 11.7. The van der Waals surface area contributed by atoms with Crippen LogP contribution in [0.1, 0.15) is 21.5 Å². The third-order valence-electron chi connectivity index (χ3n) is 5.24. The van der Waals surface area contributed by atoms with Gasteiger partial charge in [-0.15, -0.1) is 0 Å². The standard InChI is InChI=1S/C29H26N2O9/c1-37-26-14-19(7-11-24(26)34)5-9-22(32)16-23(33)10-6-20-8-12-25(27(15-20)38-2)40-29(36)39-18-31-13-3-4-21(17-31)28(30)35/h3-17H,18H2,1-2H3,(H3-,30,32,33,34,35)/p+1/b10-6+. The number of aliphatic hydroxyl groups is 1. The van der Waals surface area contributed by atoms with Gasteiger partial charge in [-0.05, 0) is 53.6 Å². The van der Waals surface area contributed by atoms with Crippen molar-refractivity contribution < 1.29 is 48.1 Å². The maximum atomic E-state index is 12.2. The fourth-order valence-corrected chi connectivity index (χ4v) is 3.27. The number of allylic oxidation sites excluding steroid dienone is 3. The van der Waals surface area contributed by atoms with Crippen molar-refractivity contribution in [3.05, 3.63) is 102 Å². The third-order valence-corrected chi connectivity index (χ3v) is 5.24. The van der Waals surface area contributed by atoms with Gasteiger partial charge < -0.3 is 34.9 Å². The summed E-state index contributed by atoms with van der Waals surface area (Å²) in [7, 11) is 2.81. The number of amides is 1. The summed E-state index contributed by atoms with van der Waals surface area (Å²) >= 11 is 0. The number of phenolic OH excluding ortho intramolecular Hbond substituents is 1. The minimum absolute atomic E-state index is 0.0144. The van der Waals surface area contributed by atoms with Gasteiger partial charge in [0.2, 0.25) is 0 Å². The van der Waals surface area contributed by atoms with Gasteiger partial charge in [0.25, 0.3) is 12.6 Å². The van der Waals surface area contributed by atoms with Gasteiger partial charge in [0.1, 0.15) is 11.3 Å². The summed E-state index contributed by atoms with van der Waals surface area (Å²) in [5, 5.41) is 19.7. The molecule has 206 valence electrons. The quantitative estimate of drug-likeness (QED) is 0.0812. The molecule has 0 aliphatic carbocycles. The number of nitrogens with zero attached hydrogens (tertiary/aromatic N) is 1. The zero-order valence-electron chi connectivity index (χ0n) is 21.6. The van der Waals surface area contributed by atoms with Gasteiger partial charge in [0.15, 0.2) is 41.2 Å². The van der Waals surface area contributed by atoms with Gasteiger partial charge in [-0.2, -0.15) is 4.57 Å². The molecule has 11 heteroatoms. The Morgan fingerprint density at radius 2 is 1.60 bits per heavy atom. The first-order chi connectivity index (χ1) is 19.2. The number of primary amides is 1. The molecule has 11 nitrogen and oxygen atoms in total. The van der Waals surface area contributed by atoms with Crippen molar-refractivity contribution in [3.63, 3.8) is 0 Å². The number of carbonyl (C=O) groups is 3. The van der Waals surface area contributed by atoms with E-state index in [1.807, 2.05) is 0 Å². The maximum absolute atomic E-state index is 12.2. The number of aliphatic hydroxyl groups excluding tert-OH is 1.